The van der Waals surface area contributed by atoms with Crippen molar-refractivity contribution >= 4 is 11.9 Å². The Hall–Kier alpha value is -5.06. The smallest absolute Gasteiger partial charge is 0.330 e. The lowest BCUT2D eigenvalue weighted by atomic mass is 9.62. The van der Waals surface area contributed by atoms with Gasteiger partial charge < -0.3 is 18.9 Å². The van der Waals surface area contributed by atoms with Gasteiger partial charge in [0.25, 0.3) is 0 Å². The van der Waals surface area contributed by atoms with E-state index in [1.54, 1.807) is 13.8 Å². The molecule has 2 saturated carbocycles. The number of hydrogen-bond acceptors (Lipinski definition) is 10. The van der Waals surface area contributed by atoms with Crippen LogP contribution in [0, 0.1) is 37.5 Å². The van der Waals surface area contributed by atoms with E-state index in [0.29, 0.717) is 38.3 Å². The molecule has 10 heteroatoms. The van der Waals surface area contributed by atoms with Crippen molar-refractivity contribution in [2.45, 2.75) is 78.8 Å². The first kappa shape index (κ1) is 38.7. The minimum atomic E-state index is -0.363. The van der Waals surface area contributed by atoms with Gasteiger partial charge in [-0.05, 0) is 126 Å². The van der Waals surface area contributed by atoms with Crippen molar-refractivity contribution < 1.29 is 28.5 Å². The maximum atomic E-state index is 12.3. The number of aromatic nitrogens is 4. The lowest BCUT2D eigenvalue weighted by Crippen LogP contribution is -2.45. The number of esters is 2. The molecule has 0 radical (unpaired) electrons. The fourth-order valence-electron chi connectivity index (χ4n) is 7.65. The van der Waals surface area contributed by atoms with Crippen LogP contribution < -0.4 is 0 Å². The normalized spacial score (nSPS) is 22.6. The standard InChI is InChI=1S/C44H50N4O6/c1-5-51-43(49)21-19-31-23-33-25-41(53-27-35-13-9-17-39(47-35)37-15-7-11-29(3)45-37)42(26-34(33)24-32(31)20-22-44(50)52-6-2)54-28-36-14-10-18-40(48-36)38-16-8-12-30(4)46-38/h7-22,31-34,41-42H,5-6,23-28H2,1-4H3/b21-19+,22-20+/t31-,32-,33-,34+,41+,42+/m0/s1. The number of rotatable bonds is 14. The third-order valence-corrected chi connectivity index (χ3v) is 10.2. The molecule has 6 rings (SSSR count). The number of carbonyl (C=O) groups is 2. The lowest BCUT2D eigenvalue weighted by Gasteiger charge is -2.47. The Balaban J connectivity index is 1.22. The second kappa shape index (κ2) is 18.8. The Bertz CT molecular complexity index is 1810. The summed E-state index contributed by atoms with van der Waals surface area (Å²) in [5, 5.41) is 0. The van der Waals surface area contributed by atoms with Gasteiger partial charge in [0, 0.05) is 23.5 Å². The summed E-state index contributed by atoms with van der Waals surface area (Å²) in [6, 6.07) is 23.7. The summed E-state index contributed by atoms with van der Waals surface area (Å²) < 4.78 is 23.8. The lowest BCUT2D eigenvalue weighted by molar-refractivity contribution is -0.138. The van der Waals surface area contributed by atoms with Crippen LogP contribution in [0.2, 0.25) is 0 Å². The van der Waals surface area contributed by atoms with Gasteiger partial charge in [-0.25, -0.2) is 19.6 Å². The number of nitrogens with zero attached hydrogens (tertiary/aromatic N) is 4. The second-order valence-electron chi connectivity index (χ2n) is 14.1. The summed E-state index contributed by atoms with van der Waals surface area (Å²) in [6.07, 6.45) is 9.80. The minimum absolute atomic E-state index is 0.0433. The SMILES string of the molecule is CCOC(=O)/C=C/[C@H]1C[C@@H]2C[C@@H](OCc3cccc(-c4cccc(C)n4)n3)[C@H](OCc3cccc(-c4cccc(C)n4)n3)C[C@@H]2C[C@@H]1/C=C/C(=O)OCC. The Morgan fingerprint density at radius 1 is 0.574 bits per heavy atom. The molecule has 2 fully saturated rings. The first-order valence-electron chi connectivity index (χ1n) is 19.0. The van der Waals surface area contributed by atoms with Gasteiger partial charge in [-0.3, -0.25) is 9.97 Å². The van der Waals surface area contributed by atoms with E-state index >= 15 is 0 Å². The van der Waals surface area contributed by atoms with Crippen molar-refractivity contribution in [2.75, 3.05) is 13.2 Å². The Kier molecular flexibility index (Phi) is 13.5. The van der Waals surface area contributed by atoms with Crippen LogP contribution in [-0.4, -0.2) is 57.3 Å². The zero-order valence-electron chi connectivity index (χ0n) is 31.6. The van der Waals surface area contributed by atoms with E-state index in [4.69, 9.17) is 28.9 Å². The van der Waals surface area contributed by atoms with Crippen molar-refractivity contribution in [2.24, 2.45) is 23.7 Å². The van der Waals surface area contributed by atoms with Crippen LogP contribution in [0.1, 0.15) is 62.3 Å². The third-order valence-electron chi connectivity index (χ3n) is 10.2. The van der Waals surface area contributed by atoms with Crippen LogP contribution in [0.5, 0.6) is 0 Å². The molecule has 10 nitrogen and oxygen atoms in total. The van der Waals surface area contributed by atoms with Crippen LogP contribution in [0.15, 0.2) is 97.1 Å². The molecular formula is C44H50N4O6. The summed E-state index contributed by atoms with van der Waals surface area (Å²) in [6.45, 7) is 8.81. The average molecular weight is 731 g/mol. The molecule has 0 amide bonds. The number of ether oxygens (including phenoxy) is 4. The van der Waals surface area contributed by atoms with Crippen LogP contribution >= 0.6 is 0 Å². The summed E-state index contributed by atoms with van der Waals surface area (Å²) in [4.78, 5) is 43.8. The third kappa shape index (κ3) is 10.5. The highest BCUT2D eigenvalue weighted by molar-refractivity contribution is 5.82. The topological polar surface area (TPSA) is 123 Å². The number of aryl methyl sites for hydroxylation is 2. The molecule has 0 saturated heterocycles. The van der Waals surface area contributed by atoms with Crippen molar-refractivity contribution in [3.05, 3.63) is 120 Å². The number of allylic oxidation sites excluding steroid dienone is 2. The van der Waals surface area contributed by atoms with Gasteiger partial charge >= 0.3 is 11.9 Å². The van der Waals surface area contributed by atoms with Crippen molar-refractivity contribution in [1.29, 1.82) is 0 Å². The first-order valence-corrected chi connectivity index (χ1v) is 19.0. The monoisotopic (exact) mass is 730 g/mol. The predicted molar refractivity (Wildman–Crippen MR) is 206 cm³/mol. The number of carbonyl (C=O) groups excluding carboxylic acids is 2. The van der Waals surface area contributed by atoms with Gasteiger partial charge in [0.1, 0.15) is 0 Å². The van der Waals surface area contributed by atoms with Gasteiger partial charge in [0.2, 0.25) is 0 Å². The molecule has 4 aromatic heterocycles. The van der Waals surface area contributed by atoms with E-state index in [0.717, 1.165) is 71.2 Å². The van der Waals surface area contributed by atoms with E-state index in [9.17, 15) is 9.59 Å². The minimum Gasteiger partial charge on any atom is -0.463 e. The number of pyridine rings is 4. The summed E-state index contributed by atoms with van der Waals surface area (Å²) in [5.41, 5.74) is 6.76. The highest BCUT2D eigenvalue weighted by atomic mass is 16.5. The van der Waals surface area contributed by atoms with E-state index in [1.165, 1.54) is 12.2 Å². The van der Waals surface area contributed by atoms with E-state index in [2.05, 4.69) is 9.97 Å². The molecule has 0 bridgehead atoms. The number of hydrogen-bond donors (Lipinski definition) is 0. The molecule has 0 unspecified atom stereocenters. The zero-order valence-corrected chi connectivity index (χ0v) is 31.6. The highest BCUT2D eigenvalue weighted by Gasteiger charge is 2.43. The highest BCUT2D eigenvalue weighted by Crippen LogP contribution is 2.48. The molecule has 4 aromatic rings. The van der Waals surface area contributed by atoms with Crippen LogP contribution in [0.25, 0.3) is 22.8 Å². The Labute approximate surface area is 318 Å². The van der Waals surface area contributed by atoms with Crippen molar-refractivity contribution in [1.82, 2.24) is 19.9 Å². The second-order valence-corrected chi connectivity index (χ2v) is 14.1. The van der Waals surface area contributed by atoms with Crippen LogP contribution in [0.4, 0.5) is 0 Å². The zero-order chi connectivity index (χ0) is 37.9. The molecule has 2 aliphatic rings. The maximum absolute atomic E-state index is 12.3. The summed E-state index contributed by atoms with van der Waals surface area (Å²) in [7, 11) is 0. The molecule has 6 atom stereocenters. The van der Waals surface area contributed by atoms with Gasteiger partial charge in [-0.1, -0.05) is 36.4 Å². The molecule has 2 aliphatic carbocycles. The fraction of sp³-hybridized carbons (Fsp3) is 0.409. The van der Waals surface area contributed by atoms with Crippen LogP contribution in [-0.2, 0) is 41.8 Å². The molecule has 0 aromatic carbocycles. The molecule has 0 aliphatic heterocycles. The molecule has 0 spiro atoms. The van der Waals surface area contributed by atoms with Crippen molar-refractivity contribution in [3.63, 3.8) is 0 Å². The predicted octanol–water partition coefficient (Wildman–Crippen LogP) is 7.98. The molecule has 0 N–H and O–H groups in total. The van der Waals surface area contributed by atoms with E-state index in [1.807, 2.05) is 98.8 Å². The largest absolute Gasteiger partial charge is 0.463 e. The average Bonchev–Trinajstić information content (AvgIpc) is 3.18. The fourth-order valence-corrected chi connectivity index (χ4v) is 7.65. The maximum Gasteiger partial charge on any atom is 0.330 e. The quantitative estimate of drug-likeness (QED) is 0.0932. The van der Waals surface area contributed by atoms with E-state index in [-0.39, 0.29) is 36.0 Å². The van der Waals surface area contributed by atoms with Gasteiger partial charge in [-0.2, -0.15) is 0 Å². The molecular weight excluding hydrogens is 681 g/mol. The first-order chi connectivity index (χ1) is 26.3. The van der Waals surface area contributed by atoms with Crippen molar-refractivity contribution in [3.8, 4) is 22.8 Å². The van der Waals surface area contributed by atoms with Crippen LogP contribution in [0.3, 0.4) is 0 Å². The summed E-state index contributed by atoms with van der Waals surface area (Å²) >= 11 is 0. The van der Waals surface area contributed by atoms with Gasteiger partial charge in [0.05, 0.1) is 72.8 Å². The number of fused-ring (bicyclic) bond motifs is 1. The summed E-state index contributed by atoms with van der Waals surface area (Å²) in [5.74, 6) is 0.00535. The molecule has 4 heterocycles. The van der Waals surface area contributed by atoms with Gasteiger partial charge in [0.15, 0.2) is 0 Å². The Morgan fingerprint density at radius 3 is 1.35 bits per heavy atom. The molecule has 54 heavy (non-hydrogen) atoms. The Morgan fingerprint density at radius 2 is 0.963 bits per heavy atom. The van der Waals surface area contributed by atoms with Gasteiger partial charge in [-0.15, -0.1) is 0 Å². The molecule has 282 valence electrons. The van der Waals surface area contributed by atoms with E-state index < -0.39 is 0 Å².